The van der Waals surface area contributed by atoms with E-state index in [4.69, 9.17) is 4.42 Å². The third-order valence-corrected chi connectivity index (χ3v) is 6.85. The number of nitro benzene ring substituents is 1. The van der Waals surface area contributed by atoms with Crippen molar-refractivity contribution in [2.75, 3.05) is 13.1 Å². The summed E-state index contributed by atoms with van der Waals surface area (Å²) in [5.41, 5.74) is 0.428. The molecular formula is C15H17N3O5S2. The lowest BCUT2D eigenvalue weighted by molar-refractivity contribution is -0.388. The second kappa shape index (κ2) is 6.77. The molecule has 0 radical (unpaired) electrons. The summed E-state index contributed by atoms with van der Waals surface area (Å²) >= 11 is 1.00. The molecule has 2 aromatic rings. The lowest BCUT2D eigenvalue weighted by Crippen LogP contribution is -2.27. The molecule has 1 aromatic carbocycles. The van der Waals surface area contributed by atoms with Gasteiger partial charge in [0, 0.05) is 19.2 Å². The Hall–Kier alpha value is -1.91. The van der Waals surface area contributed by atoms with Crippen molar-refractivity contribution in [3.63, 3.8) is 0 Å². The van der Waals surface area contributed by atoms with E-state index in [9.17, 15) is 18.5 Å². The predicted octanol–water partition coefficient (Wildman–Crippen LogP) is 3.14. The van der Waals surface area contributed by atoms with Gasteiger partial charge in [-0.25, -0.2) is 13.4 Å². The zero-order valence-corrected chi connectivity index (χ0v) is 15.4. The first-order valence-corrected chi connectivity index (χ1v) is 9.95. The summed E-state index contributed by atoms with van der Waals surface area (Å²) in [7, 11) is -3.71. The molecule has 25 heavy (non-hydrogen) atoms. The predicted molar refractivity (Wildman–Crippen MR) is 91.2 cm³/mol. The molecule has 10 heteroatoms. The van der Waals surface area contributed by atoms with Crippen LogP contribution in [-0.2, 0) is 10.0 Å². The first-order chi connectivity index (χ1) is 11.8. The fraction of sp³-hybridized carbons (Fsp3) is 0.400. The third kappa shape index (κ3) is 3.55. The van der Waals surface area contributed by atoms with E-state index >= 15 is 0 Å². The number of benzene rings is 1. The van der Waals surface area contributed by atoms with E-state index < -0.39 is 14.9 Å². The first kappa shape index (κ1) is 17.9. The number of rotatable bonds is 5. The number of hydrogen-bond acceptors (Lipinski definition) is 7. The number of hydrogen-bond donors (Lipinski definition) is 0. The molecule has 8 nitrogen and oxygen atoms in total. The highest BCUT2D eigenvalue weighted by Crippen LogP contribution is 2.37. The van der Waals surface area contributed by atoms with Gasteiger partial charge < -0.3 is 4.42 Å². The maximum atomic E-state index is 12.6. The molecular weight excluding hydrogens is 366 g/mol. The van der Waals surface area contributed by atoms with Crippen LogP contribution in [0, 0.1) is 24.0 Å². The van der Waals surface area contributed by atoms with Gasteiger partial charge in [0.05, 0.1) is 20.4 Å². The fourth-order valence-corrected chi connectivity index (χ4v) is 4.99. The number of nitro groups is 1. The molecule has 0 bridgehead atoms. The quantitative estimate of drug-likeness (QED) is 0.576. The van der Waals surface area contributed by atoms with E-state index in [1.54, 1.807) is 13.8 Å². The van der Waals surface area contributed by atoms with E-state index in [0.29, 0.717) is 24.5 Å². The Morgan fingerprint density at radius 3 is 2.52 bits per heavy atom. The Labute approximate surface area is 149 Å². The highest BCUT2D eigenvalue weighted by molar-refractivity contribution is 7.99. The molecule has 0 amide bonds. The lowest BCUT2D eigenvalue weighted by atomic mass is 10.3. The molecule has 0 saturated carbocycles. The standard InChI is InChI=1S/C15H17N3O5S2/c1-10-11(2)23-15(16-10)24-14-6-5-12(9-13(14)18(19)20)25(21,22)17-7-3-4-8-17/h5-6,9H,3-4,7-8H2,1-2H3. The fourth-order valence-electron chi connectivity index (χ4n) is 2.55. The van der Waals surface area contributed by atoms with Crippen LogP contribution in [0.15, 0.2) is 37.6 Å². The van der Waals surface area contributed by atoms with Gasteiger partial charge >= 0.3 is 0 Å². The van der Waals surface area contributed by atoms with Crippen molar-refractivity contribution in [3.05, 3.63) is 39.8 Å². The monoisotopic (exact) mass is 383 g/mol. The zero-order valence-electron chi connectivity index (χ0n) is 13.8. The Morgan fingerprint density at radius 2 is 1.96 bits per heavy atom. The van der Waals surface area contributed by atoms with Crippen molar-refractivity contribution in [1.82, 2.24) is 9.29 Å². The third-order valence-electron chi connectivity index (χ3n) is 4.04. The second-order valence-corrected chi connectivity index (χ2v) is 8.65. The van der Waals surface area contributed by atoms with Gasteiger partial charge in [0.15, 0.2) is 0 Å². The molecule has 1 aliphatic rings. The van der Waals surface area contributed by atoms with Gasteiger partial charge in [0.1, 0.15) is 5.76 Å². The largest absolute Gasteiger partial charge is 0.436 e. The average Bonchev–Trinajstić information content (AvgIpc) is 3.18. The Morgan fingerprint density at radius 1 is 1.28 bits per heavy atom. The summed E-state index contributed by atoms with van der Waals surface area (Å²) in [6, 6.07) is 3.94. The van der Waals surface area contributed by atoms with Crippen LogP contribution in [0.4, 0.5) is 5.69 Å². The molecule has 0 spiro atoms. The molecule has 134 valence electrons. The SMILES string of the molecule is Cc1nc(Sc2ccc(S(=O)(=O)N3CCCC3)cc2[N+](=O)[O-])oc1C. The highest BCUT2D eigenvalue weighted by Gasteiger charge is 2.30. The molecule has 0 unspecified atom stereocenters. The Kier molecular flexibility index (Phi) is 4.85. The van der Waals surface area contributed by atoms with E-state index in [-0.39, 0.29) is 20.7 Å². The van der Waals surface area contributed by atoms with Gasteiger partial charge in [0.25, 0.3) is 10.9 Å². The number of aromatic nitrogens is 1. The van der Waals surface area contributed by atoms with Crippen molar-refractivity contribution in [3.8, 4) is 0 Å². The summed E-state index contributed by atoms with van der Waals surface area (Å²) in [6.45, 7) is 4.43. The van der Waals surface area contributed by atoms with Crippen LogP contribution >= 0.6 is 11.8 Å². The smallest absolute Gasteiger partial charge is 0.284 e. The van der Waals surface area contributed by atoms with Gasteiger partial charge in [-0.1, -0.05) is 0 Å². The molecule has 1 aliphatic heterocycles. The molecule has 0 atom stereocenters. The topological polar surface area (TPSA) is 107 Å². The van der Waals surface area contributed by atoms with Crippen LogP contribution in [0.2, 0.25) is 0 Å². The van der Waals surface area contributed by atoms with Crippen LogP contribution in [-0.4, -0.2) is 35.7 Å². The van der Waals surface area contributed by atoms with E-state index in [1.165, 1.54) is 16.4 Å². The zero-order chi connectivity index (χ0) is 18.2. The minimum atomic E-state index is -3.71. The van der Waals surface area contributed by atoms with E-state index in [1.807, 2.05) is 0 Å². The summed E-state index contributed by atoms with van der Waals surface area (Å²) in [4.78, 5) is 15.2. The van der Waals surface area contributed by atoms with Gasteiger partial charge in [-0.2, -0.15) is 4.31 Å². The van der Waals surface area contributed by atoms with Crippen LogP contribution in [0.25, 0.3) is 0 Å². The van der Waals surface area contributed by atoms with Crippen LogP contribution in [0.3, 0.4) is 0 Å². The summed E-state index contributed by atoms with van der Waals surface area (Å²) in [6.07, 6.45) is 1.61. The van der Waals surface area contributed by atoms with Crippen molar-refractivity contribution in [2.45, 2.75) is 41.7 Å². The van der Waals surface area contributed by atoms with Gasteiger partial charge in [-0.15, -0.1) is 0 Å². The number of nitrogens with zero attached hydrogens (tertiary/aromatic N) is 3. The molecule has 1 aromatic heterocycles. The molecule has 2 heterocycles. The average molecular weight is 383 g/mol. The summed E-state index contributed by atoms with van der Waals surface area (Å²) in [5.74, 6) is 0.637. The molecule has 0 N–H and O–H groups in total. The molecule has 1 fully saturated rings. The van der Waals surface area contributed by atoms with Crippen molar-refractivity contribution in [1.29, 1.82) is 0 Å². The van der Waals surface area contributed by atoms with Crippen molar-refractivity contribution in [2.24, 2.45) is 0 Å². The van der Waals surface area contributed by atoms with E-state index in [2.05, 4.69) is 4.98 Å². The molecule has 3 rings (SSSR count). The Bertz CT molecular complexity index is 898. The second-order valence-electron chi connectivity index (χ2n) is 5.72. The maximum Gasteiger partial charge on any atom is 0.284 e. The van der Waals surface area contributed by atoms with Crippen LogP contribution in [0.5, 0.6) is 0 Å². The number of aryl methyl sites for hydroxylation is 2. The highest BCUT2D eigenvalue weighted by atomic mass is 32.2. The summed E-state index contributed by atoms with van der Waals surface area (Å²) < 4.78 is 32.0. The Balaban J connectivity index is 1.97. The minimum absolute atomic E-state index is 0.0646. The van der Waals surface area contributed by atoms with Gasteiger partial charge in [-0.3, -0.25) is 10.1 Å². The number of sulfonamides is 1. The summed E-state index contributed by atoms with van der Waals surface area (Å²) in [5, 5.41) is 11.7. The minimum Gasteiger partial charge on any atom is -0.436 e. The van der Waals surface area contributed by atoms with Gasteiger partial charge in [0.2, 0.25) is 10.0 Å². The normalized spacial score (nSPS) is 15.6. The van der Waals surface area contributed by atoms with Crippen molar-refractivity contribution >= 4 is 27.5 Å². The molecule has 1 saturated heterocycles. The first-order valence-electron chi connectivity index (χ1n) is 7.69. The van der Waals surface area contributed by atoms with E-state index in [0.717, 1.165) is 30.7 Å². The number of oxazole rings is 1. The molecule has 0 aliphatic carbocycles. The maximum absolute atomic E-state index is 12.6. The van der Waals surface area contributed by atoms with Crippen LogP contribution < -0.4 is 0 Å². The van der Waals surface area contributed by atoms with Gasteiger partial charge in [-0.05, 0) is 50.6 Å². The van der Waals surface area contributed by atoms with Crippen LogP contribution in [0.1, 0.15) is 24.3 Å². The lowest BCUT2D eigenvalue weighted by Gasteiger charge is -2.15. The van der Waals surface area contributed by atoms with Crippen molar-refractivity contribution < 1.29 is 17.8 Å².